The molecule has 2 heteroatoms. The van der Waals surface area contributed by atoms with Gasteiger partial charge in [0.1, 0.15) is 0 Å². The number of hydrogen-bond donors (Lipinski definition) is 0. The molecular formula is C36H22N2. The molecule has 176 valence electrons. The van der Waals surface area contributed by atoms with Gasteiger partial charge in [-0.15, -0.1) is 0 Å². The van der Waals surface area contributed by atoms with Crippen LogP contribution in [-0.4, -0.2) is 9.97 Å². The Morgan fingerprint density at radius 2 is 1.13 bits per heavy atom. The summed E-state index contributed by atoms with van der Waals surface area (Å²) in [7, 11) is 0. The van der Waals surface area contributed by atoms with Crippen molar-refractivity contribution in [3.63, 3.8) is 0 Å². The van der Waals surface area contributed by atoms with Crippen LogP contribution in [-0.2, 0) is 0 Å². The van der Waals surface area contributed by atoms with Gasteiger partial charge in [-0.1, -0.05) is 97.1 Å². The van der Waals surface area contributed by atoms with E-state index in [9.17, 15) is 0 Å². The first kappa shape index (κ1) is 21.0. The van der Waals surface area contributed by atoms with Gasteiger partial charge in [0, 0.05) is 18.0 Å². The van der Waals surface area contributed by atoms with Crippen LogP contribution in [0, 0.1) is 0 Å². The minimum Gasteiger partial charge on any atom is -0.261 e. The topological polar surface area (TPSA) is 25.8 Å². The van der Waals surface area contributed by atoms with Crippen molar-refractivity contribution in [1.29, 1.82) is 0 Å². The van der Waals surface area contributed by atoms with Crippen molar-refractivity contribution in [1.82, 2.24) is 9.97 Å². The van der Waals surface area contributed by atoms with Gasteiger partial charge in [-0.3, -0.25) is 9.97 Å². The lowest BCUT2D eigenvalue weighted by Crippen LogP contribution is -1.89. The molecular weight excluding hydrogens is 460 g/mol. The van der Waals surface area contributed by atoms with E-state index in [2.05, 4.69) is 125 Å². The zero-order valence-electron chi connectivity index (χ0n) is 20.6. The molecule has 8 rings (SSSR count). The van der Waals surface area contributed by atoms with Gasteiger partial charge in [-0.2, -0.15) is 0 Å². The molecule has 38 heavy (non-hydrogen) atoms. The van der Waals surface area contributed by atoms with Crippen LogP contribution < -0.4 is 0 Å². The predicted molar refractivity (Wildman–Crippen MR) is 158 cm³/mol. The summed E-state index contributed by atoms with van der Waals surface area (Å²) in [6, 6.07) is 42.0. The van der Waals surface area contributed by atoms with Crippen LogP contribution in [0.2, 0.25) is 0 Å². The number of rotatable bonds is 3. The van der Waals surface area contributed by atoms with Crippen molar-refractivity contribution in [2.75, 3.05) is 0 Å². The average molecular weight is 483 g/mol. The standard InChI is InChI=1S/C36H22N2/c1-2-7-23(8-3-1)32-19-24-9-4-5-10-25(24)20-34(32)28-15-16-31-27-14-13-26(35-22-37-17-18-38-35)21-33(27)30-12-6-11-29(28)36(30)31/h1-22H. The zero-order chi connectivity index (χ0) is 25.1. The SMILES string of the molecule is c1ccc(-c2cc3ccccc3cc2-c2ccc3c4c(cccc24)-c2cc(-c4cnccn4)ccc2-3)cc1. The predicted octanol–water partition coefficient (Wildman–Crippen LogP) is 9.43. The fourth-order valence-electron chi connectivity index (χ4n) is 6.02. The van der Waals surface area contributed by atoms with Gasteiger partial charge in [0.15, 0.2) is 0 Å². The number of nitrogens with zero attached hydrogens (tertiary/aromatic N) is 2. The Morgan fingerprint density at radius 1 is 0.421 bits per heavy atom. The summed E-state index contributed by atoms with van der Waals surface area (Å²) >= 11 is 0. The fourth-order valence-corrected chi connectivity index (χ4v) is 6.02. The highest BCUT2D eigenvalue weighted by atomic mass is 14.8. The molecule has 1 aliphatic rings. The molecule has 0 amide bonds. The molecule has 6 aromatic carbocycles. The molecule has 0 radical (unpaired) electrons. The van der Waals surface area contributed by atoms with Gasteiger partial charge in [0.05, 0.1) is 11.9 Å². The molecule has 0 saturated carbocycles. The van der Waals surface area contributed by atoms with Crippen molar-refractivity contribution in [3.8, 4) is 55.8 Å². The van der Waals surface area contributed by atoms with Gasteiger partial charge >= 0.3 is 0 Å². The van der Waals surface area contributed by atoms with Crippen LogP contribution in [0.25, 0.3) is 77.3 Å². The van der Waals surface area contributed by atoms with E-state index in [1.165, 1.54) is 66.1 Å². The fraction of sp³-hybridized carbons (Fsp3) is 0. The second-order valence-corrected chi connectivity index (χ2v) is 9.85. The Labute approximate surface area is 220 Å². The van der Waals surface area contributed by atoms with Crippen LogP contribution in [0.1, 0.15) is 0 Å². The van der Waals surface area contributed by atoms with E-state index >= 15 is 0 Å². The molecule has 7 aromatic rings. The first-order valence-corrected chi connectivity index (χ1v) is 12.9. The van der Waals surface area contributed by atoms with Crippen molar-refractivity contribution in [3.05, 3.63) is 134 Å². The molecule has 1 aliphatic carbocycles. The summed E-state index contributed by atoms with van der Waals surface area (Å²) < 4.78 is 0. The maximum atomic E-state index is 4.53. The third-order valence-corrected chi connectivity index (χ3v) is 7.76. The average Bonchev–Trinajstić information content (AvgIpc) is 3.32. The summed E-state index contributed by atoms with van der Waals surface area (Å²) in [6.45, 7) is 0. The molecule has 0 atom stereocenters. The third-order valence-electron chi connectivity index (χ3n) is 7.76. The van der Waals surface area contributed by atoms with Crippen molar-refractivity contribution in [2.24, 2.45) is 0 Å². The van der Waals surface area contributed by atoms with Gasteiger partial charge in [-0.25, -0.2) is 0 Å². The number of fused-ring (bicyclic) bond motifs is 4. The lowest BCUT2D eigenvalue weighted by Gasteiger charge is -2.16. The van der Waals surface area contributed by atoms with Crippen LogP contribution in [0.3, 0.4) is 0 Å². The Bertz CT molecular complexity index is 2010. The minimum absolute atomic E-state index is 0.891. The first-order chi connectivity index (χ1) is 18.8. The maximum absolute atomic E-state index is 4.53. The van der Waals surface area contributed by atoms with E-state index in [0.717, 1.165) is 11.3 Å². The minimum atomic E-state index is 0.891. The zero-order valence-corrected chi connectivity index (χ0v) is 20.6. The first-order valence-electron chi connectivity index (χ1n) is 12.9. The second kappa shape index (κ2) is 8.22. The molecule has 0 N–H and O–H groups in total. The largest absolute Gasteiger partial charge is 0.261 e. The van der Waals surface area contributed by atoms with Crippen LogP contribution in [0.5, 0.6) is 0 Å². The van der Waals surface area contributed by atoms with Crippen LogP contribution >= 0.6 is 0 Å². The molecule has 0 saturated heterocycles. The smallest absolute Gasteiger partial charge is 0.0885 e. The van der Waals surface area contributed by atoms with E-state index in [-0.39, 0.29) is 0 Å². The lowest BCUT2D eigenvalue weighted by atomic mass is 9.88. The van der Waals surface area contributed by atoms with Gasteiger partial charge < -0.3 is 0 Å². The molecule has 1 aromatic heterocycles. The number of hydrogen-bond acceptors (Lipinski definition) is 2. The molecule has 0 unspecified atom stereocenters. The Balaban J connectivity index is 1.39. The van der Waals surface area contributed by atoms with Gasteiger partial charge in [0.25, 0.3) is 0 Å². The monoisotopic (exact) mass is 482 g/mol. The molecule has 0 spiro atoms. The summed E-state index contributed by atoms with van der Waals surface area (Å²) in [5, 5.41) is 5.11. The lowest BCUT2D eigenvalue weighted by molar-refractivity contribution is 1.21. The molecule has 1 heterocycles. The van der Waals surface area contributed by atoms with Gasteiger partial charge in [-0.05, 0) is 84.3 Å². The van der Waals surface area contributed by atoms with E-state index in [0.29, 0.717) is 0 Å². The Hall–Kier alpha value is -5.08. The van der Waals surface area contributed by atoms with E-state index in [1.807, 2.05) is 6.20 Å². The highest BCUT2D eigenvalue weighted by Gasteiger charge is 2.24. The summed E-state index contributed by atoms with van der Waals surface area (Å²) in [6.07, 6.45) is 5.29. The summed E-state index contributed by atoms with van der Waals surface area (Å²) in [5.74, 6) is 0. The van der Waals surface area contributed by atoms with Crippen molar-refractivity contribution < 1.29 is 0 Å². The maximum Gasteiger partial charge on any atom is 0.0885 e. The third kappa shape index (κ3) is 3.14. The molecule has 2 nitrogen and oxygen atoms in total. The summed E-state index contributed by atoms with van der Waals surface area (Å²) in [5.41, 5.74) is 12.1. The molecule has 0 fully saturated rings. The highest BCUT2D eigenvalue weighted by molar-refractivity contribution is 6.20. The number of aromatic nitrogens is 2. The second-order valence-electron chi connectivity index (χ2n) is 9.85. The van der Waals surface area contributed by atoms with Crippen LogP contribution in [0.4, 0.5) is 0 Å². The molecule has 0 aliphatic heterocycles. The molecule has 0 bridgehead atoms. The van der Waals surface area contributed by atoms with E-state index < -0.39 is 0 Å². The van der Waals surface area contributed by atoms with E-state index in [1.54, 1.807) is 12.4 Å². The summed E-state index contributed by atoms with van der Waals surface area (Å²) in [4.78, 5) is 8.80. The van der Waals surface area contributed by atoms with E-state index in [4.69, 9.17) is 0 Å². The normalized spacial score (nSPS) is 11.7. The number of benzene rings is 6. The van der Waals surface area contributed by atoms with Crippen molar-refractivity contribution >= 4 is 21.5 Å². The highest BCUT2D eigenvalue weighted by Crippen LogP contribution is 2.51. The Kier molecular flexibility index (Phi) is 4.55. The Morgan fingerprint density at radius 3 is 1.95 bits per heavy atom. The quantitative estimate of drug-likeness (QED) is 0.251. The van der Waals surface area contributed by atoms with Crippen molar-refractivity contribution in [2.45, 2.75) is 0 Å². The van der Waals surface area contributed by atoms with Crippen LogP contribution in [0.15, 0.2) is 134 Å². The van der Waals surface area contributed by atoms with Gasteiger partial charge in [0.2, 0.25) is 0 Å².